The molecular formula is C25H33FO4. The Balaban J connectivity index is 1.56. The minimum Gasteiger partial charge on any atom is -0.508 e. The second kappa shape index (κ2) is 8.32. The predicted octanol–water partition coefficient (Wildman–Crippen LogP) is 5.12. The number of unbranched alkanes of at least 4 members (excludes halogenated alkanes) is 2. The van der Waals surface area contributed by atoms with Gasteiger partial charge in [-0.25, -0.2) is 4.39 Å². The van der Waals surface area contributed by atoms with E-state index < -0.39 is 11.6 Å². The largest absolute Gasteiger partial charge is 0.508 e. The van der Waals surface area contributed by atoms with E-state index in [1.54, 1.807) is 12.1 Å². The fourth-order valence-corrected chi connectivity index (χ4v) is 6.74. The Bertz CT molecular complexity index is 821. The fourth-order valence-electron chi connectivity index (χ4n) is 6.74. The van der Waals surface area contributed by atoms with E-state index in [1.807, 2.05) is 13.0 Å². The number of carbonyl (C=O) groups is 2. The predicted molar refractivity (Wildman–Crippen MR) is 112 cm³/mol. The highest BCUT2D eigenvalue weighted by Crippen LogP contribution is 2.62. The summed E-state index contributed by atoms with van der Waals surface area (Å²) in [7, 11) is 0. The minimum absolute atomic E-state index is 0.177. The SMILES string of the molecule is CC(=O)OCCCCC[C@@H]1Cc2cc(O)ccc2[C@@H]2[C@@H]1[C@@H]1CCC(=O)[C@@]1(C)C[C@@H]2F. The number of aromatic hydroxyl groups is 1. The van der Waals surface area contributed by atoms with Crippen molar-refractivity contribution in [1.82, 2.24) is 0 Å². The first-order chi connectivity index (χ1) is 14.3. The number of benzene rings is 1. The highest BCUT2D eigenvalue weighted by atomic mass is 19.1. The normalized spacial score (nSPS) is 34.8. The summed E-state index contributed by atoms with van der Waals surface area (Å²) in [6.07, 6.45) is 5.37. The number of Topliss-reactive ketones (excluding diaryl/α,β-unsaturated/α-hetero) is 1. The summed E-state index contributed by atoms with van der Waals surface area (Å²) >= 11 is 0. The van der Waals surface area contributed by atoms with Crippen LogP contribution in [-0.4, -0.2) is 29.6 Å². The number of rotatable bonds is 6. The maximum atomic E-state index is 15.6. The maximum absolute atomic E-state index is 15.6. The van der Waals surface area contributed by atoms with E-state index in [2.05, 4.69) is 0 Å². The lowest BCUT2D eigenvalue weighted by atomic mass is 9.51. The molecule has 2 fully saturated rings. The molecule has 164 valence electrons. The molecule has 3 aliphatic rings. The third-order valence-corrected chi connectivity index (χ3v) is 8.06. The number of esters is 1. The highest BCUT2D eigenvalue weighted by Gasteiger charge is 2.60. The lowest BCUT2D eigenvalue weighted by Crippen LogP contribution is -2.50. The van der Waals surface area contributed by atoms with Crippen LogP contribution in [0.25, 0.3) is 0 Å². The van der Waals surface area contributed by atoms with Crippen LogP contribution in [0.1, 0.15) is 75.8 Å². The molecule has 3 aliphatic carbocycles. The van der Waals surface area contributed by atoms with E-state index in [4.69, 9.17) is 4.74 Å². The molecule has 0 aromatic heterocycles. The Kier molecular flexibility index (Phi) is 5.91. The first-order valence-corrected chi connectivity index (χ1v) is 11.4. The Morgan fingerprint density at radius 3 is 2.87 bits per heavy atom. The van der Waals surface area contributed by atoms with E-state index in [-0.39, 0.29) is 35.3 Å². The number of carbonyl (C=O) groups excluding carboxylic acids is 2. The second-order valence-corrected chi connectivity index (χ2v) is 9.85. The molecule has 6 atom stereocenters. The van der Waals surface area contributed by atoms with Gasteiger partial charge in [-0.05, 0) is 73.1 Å². The Hall–Kier alpha value is -1.91. The first-order valence-electron chi connectivity index (χ1n) is 11.4. The van der Waals surface area contributed by atoms with Crippen molar-refractivity contribution in [2.75, 3.05) is 6.61 Å². The molecule has 0 saturated heterocycles. The van der Waals surface area contributed by atoms with Crippen LogP contribution in [0.4, 0.5) is 4.39 Å². The van der Waals surface area contributed by atoms with E-state index >= 15 is 4.39 Å². The van der Waals surface area contributed by atoms with Crippen LogP contribution < -0.4 is 0 Å². The number of phenols is 1. The van der Waals surface area contributed by atoms with Crippen molar-refractivity contribution in [1.29, 1.82) is 0 Å². The zero-order valence-corrected chi connectivity index (χ0v) is 18.0. The standard InChI is InChI=1S/C25H33FO4/c1-15(27)30-11-5-3-4-6-16-12-17-13-18(28)7-8-19(17)24-21(26)14-25(2)20(23(16)24)9-10-22(25)29/h7-8,13,16,20-21,23-24,28H,3-6,9-12,14H2,1-2H3/t16-,20+,21+,23+,24+,25+/m1/s1. The average Bonchev–Trinajstić information content (AvgIpc) is 2.98. The molecule has 4 rings (SSSR count). The molecule has 1 N–H and O–H groups in total. The number of fused-ring (bicyclic) bond motifs is 5. The van der Waals surface area contributed by atoms with Gasteiger partial charge < -0.3 is 9.84 Å². The molecule has 1 aromatic rings. The summed E-state index contributed by atoms with van der Waals surface area (Å²) in [6, 6.07) is 5.38. The molecule has 4 nitrogen and oxygen atoms in total. The number of hydrogen-bond acceptors (Lipinski definition) is 4. The Labute approximate surface area is 178 Å². The summed E-state index contributed by atoms with van der Waals surface area (Å²) in [5.74, 6) is 0.787. The summed E-state index contributed by atoms with van der Waals surface area (Å²) < 4.78 is 20.7. The summed E-state index contributed by atoms with van der Waals surface area (Å²) in [5, 5.41) is 10.0. The highest BCUT2D eigenvalue weighted by molar-refractivity contribution is 5.87. The minimum atomic E-state index is -1.02. The van der Waals surface area contributed by atoms with Crippen LogP contribution in [0, 0.1) is 23.2 Å². The number of ether oxygens (including phenoxy) is 1. The summed E-state index contributed by atoms with van der Waals surface area (Å²) in [4.78, 5) is 23.6. The molecule has 5 heteroatoms. The van der Waals surface area contributed by atoms with Crippen molar-refractivity contribution in [3.8, 4) is 5.75 Å². The van der Waals surface area contributed by atoms with E-state index in [0.29, 0.717) is 25.4 Å². The maximum Gasteiger partial charge on any atom is 0.302 e. The third-order valence-electron chi connectivity index (χ3n) is 8.06. The van der Waals surface area contributed by atoms with E-state index in [0.717, 1.165) is 49.7 Å². The summed E-state index contributed by atoms with van der Waals surface area (Å²) in [5.41, 5.74) is 1.58. The van der Waals surface area contributed by atoms with Crippen LogP contribution in [-0.2, 0) is 20.7 Å². The van der Waals surface area contributed by atoms with Crippen molar-refractivity contribution in [2.45, 2.75) is 77.3 Å². The van der Waals surface area contributed by atoms with Gasteiger partial charge in [-0.15, -0.1) is 0 Å². The number of phenolic OH excluding ortho intramolecular Hbond substituents is 1. The van der Waals surface area contributed by atoms with Crippen molar-refractivity contribution >= 4 is 11.8 Å². The van der Waals surface area contributed by atoms with Gasteiger partial charge in [0.1, 0.15) is 17.7 Å². The first kappa shape index (κ1) is 21.3. The van der Waals surface area contributed by atoms with Gasteiger partial charge in [0.2, 0.25) is 0 Å². The molecule has 0 unspecified atom stereocenters. The zero-order chi connectivity index (χ0) is 21.5. The van der Waals surface area contributed by atoms with Crippen LogP contribution in [0.15, 0.2) is 18.2 Å². The quantitative estimate of drug-likeness (QED) is 0.517. The van der Waals surface area contributed by atoms with Crippen LogP contribution >= 0.6 is 0 Å². The molecule has 0 amide bonds. The Morgan fingerprint density at radius 1 is 1.30 bits per heavy atom. The van der Waals surface area contributed by atoms with Gasteiger partial charge in [-0.1, -0.05) is 25.8 Å². The van der Waals surface area contributed by atoms with Crippen molar-refractivity contribution in [3.05, 3.63) is 29.3 Å². The van der Waals surface area contributed by atoms with Gasteiger partial charge in [0.15, 0.2) is 0 Å². The lowest BCUT2D eigenvalue weighted by molar-refractivity contribution is -0.141. The number of ketones is 1. The van der Waals surface area contributed by atoms with Gasteiger partial charge in [0.05, 0.1) is 6.61 Å². The van der Waals surface area contributed by atoms with Crippen molar-refractivity contribution in [2.24, 2.45) is 23.2 Å². The molecule has 0 bridgehead atoms. The second-order valence-electron chi connectivity index (χ2n) is 9.85. The molecule has 1 aromatic carbocycles. The number of hydrogen-bond donors (Lipinski definition) is 1. The van der Waals surface area contributed by atoms with Gasteiger partial charge in [0, 0.05) is 24.7 Å². The Morgan fingerprint density at radius 2 is 2.10 bits per heavy atom. The number of halogens is 1. The number of alkyl halides is 1. The molecule has 30 heavy (non-hydrogen) atoms. The summed E-state index contributed by atoms with van der Waals surface area (Å²) in [6.45, 7) is 3.87. The molecule has 2 saturated carbocycles. The molecule has 0 spiro atoms. The topological polar surface area (TPSA) is 63.6 Å². The van der Waals surface area contributed by atoms with Gasteiger partial charge in [0.25, 0.3) is 0 Å². The zero-order valence-electron chi connectivity index (χ0n) is 18.0. The monoisotopic (exact) mass is 416 g/mol. The van der Waals surface area contributed by atoms with Crippen molar-refractivity contribution in [3.63, 3.8) is 0 Å². The lowest BCUT2D eigenvalue weighted by Gasteiger charge is -2.53. The molecule has 0 aliphatic heterocycles. The van der Waals surface area contributed by atoms with Gasteiger partial charge >= 0.3 is 5.97 Å². The van der Waals surface area contributed by atoms with Crippen molar-refractivity contribution < 1.29 is 23.8 Å². The smallest absolute Gasteiger partial charge is 0.302 e. The molecule has 0 radical (unpaired) electrons. The third kappa shape index (κ3) is 3.76. The fraction of sp³-hybridized carbons (Fsp3) is 0.680. The van der Waals surface area contributed by atoms with Gasteiger partial charge in [-0.3, -0.25) is 9.59 Å². The van der Waals surface area contributed by atoms with Crippen LogP contribution in [0.2, 0.25) is 0 Å². The van der Waals surface area contributed by atoms with E-state index in [1.165, 1.54) is 6.92 Å². The van der Waals surface area contributed by atoms with Crippen LogP contribution in [0.5, 0.6) is 5.75 Å². The average molecular weight is 417 g/mol. The van der Waals surface area contributed by atoms with Crippen LogP contribution in [0.3, 0.4) is 0 Å². The molecule has 0 heterocycles. The molecular weight excluding hydrogens is 383 g/mol. The van der Waals surface area contributed by atoms with Gasteiger partial charge in [-0.2, -0.15) is 0 Å². The van der Waals surface area contributed by atoms with E-state index in [9.17, 15) is 14.7 Å².